The average molecular weight is 381 g/mol. The zero-order valence-electron chi connectivity index (χ0n) is 16.2. The largest absolute Gasteiger partial charge is 0.371 e. The first kappa shape index (κ1) is 19.5. The SMILES string of the molecule is Cc1cccc(C2=CC(NCCNC3=CC(C(N)=O)=CCN3)N=C(N)N2)c1C. The molecule has 0 aliphatic carbocycles. The van der Waals surface area contributed by atoms with E-state index in [0.29, 0.717) is 31.2 Å². The van der Waals surface area contributed by atoms with Crippen molar-refractivity contribution in [1.29, 1.82) is 0 Å². The van der Waals surface area contributed by atoms with Gasteiger partial charge in [-0.25, -0.2) is 4.99 Å². The standard InChI is InChI=1S/C20H27N7O/c1-12-4-3-5-15(13(12)2)16-11-18(27-20(22)26-16)25-9-8-24-17-10-14(19(21)28)6-7-23-17/h3-6,10-11,18,23-25H,7-9H2,1-2H3,(H2,21,28)(H3,22,26,27). The topological polar surface area (TPSA) is 130 Å². The summed E-state index contributed by atoms with van der Waals surface area (Å²) >= 11 is 0. The maximum Gasteiger partial charge on any atom is 0.248 e. The van der Waals surface area contributed by atoms with Crippen LogP contribution in [0.2, 0.25) is 0 Å². The third kappa shape index (κ3) is 4.72. The number of carbonyl (C=O) groups excluding carboxylic acids is 1. The van der Waals surface area contributed by atoms with Crippen LogP contribution in [0.3, 0.4) is 0 Å². The highest BCUT2D eigenvalue weighted by molar-refractivity contribution is 5.95. The number of amides is 1. The van der Waals surface area contributed by atoms with Crippen molar-refractivity contribution in [3.05, 3.63) is 64.5 Å². The summed E-state index contributed by atoms with van der Waals surface area (Å²) in [5.41, 5.74) is 16.3. The van der Waals surface area contributed by atoms with Gasteiger partial charge >= 0.3 is 0 Å². The number of aliphatic imine (C=N–C) groups is 1. The van der Waals surface area contributed by atoms with Gasteiger partial charge in [-0.15, -0.1) is 0 Å². The minimum atomic E-state index is -0.428. The van der Waals surface area contributed by atoms with Crippen LogP contribution in [0.25, 0.3) is 5.70 Å². The molecule has 0 saturated heterocycles. The van der Waals surface area contributed by atoms with Gasteiger partial charge in [0, 0.05) is 36.5 Å². The number of carbonyl (C=O) groups is 1. The van der Waals surface area contributed by atoms with Crippen molar-refractivity contribution in [2.24, 2.45) is 16.5 Å². The number of hydrogen-bond donors (Lipinski definition) is 6. The average Bonchev–Trinajstić information content (AvgIpc) is 2.67. The van der Waals surface area contributed by atoms with Gasteiger partial charge in [0.25, 0.3) is 0 Å². The van der Waals surface area contributed by atoms with Crippen molar-refractivity contribution in [3.63, 3.8) is 0 Å². The molecule has 0 radical (unpaired) electrons. The molecule has 0 saturated carbocycles. The van der Waals surface area contributed by atoms with Gasteiger partial charge in [0.05, 0.1) is 5.82 Å². The van der Waals surface area contributed by atoms with Gasteiger partial charge in [-0.05, 0) is 37.1 Å². The molecule has 8 heteroatoms. The summed E-state index contributed by atoms with van der Waals surface area (Å²) < 4.78 is 0. The lowest BCUT2D eigenvalue weighted by atomic mass is 10.00. The third-order valence-corrected chi connectivity index (χ3v) is 4.75. The summed E-state index contributed by atoms with van der Waals surface area (Å²) in [5.74, 6) is 0.734. The van der Waals surface area contributed by atoms with Crippen molar-refractivity contribution in [2.75, 3.05) is 19.6 Å². The van der Waals surface area contributed by atoms with Gasteiger partial charge in [-0.3, -0.25) is 10.1 Å². The van der Waals surface area contributed by atoms with E-state index in [1.165, 1.54) is 11.1 Å². The molecular formula is C20H27N7O. The predicted molar refractivity (Wildman–Crippen MR) is 112 cm³/mol. The number of rotatable bonds is 7. The Morgan fingerprint density at radius 2 is 2.14 bits per heavy atom. The summed E-state index contributed by atoms with van der Waals surface area (Å²) in [5, 5.41) is 12.9. The molecule has 1 aromatic rings. The van der Waals surface area contributed by atoms with Gasteiger partial charge in [-0.1, -0.05) is 24.3 Å². The molecule has 3 rings (SSSR count). The second-order valence-corrected chi connectivity index (χ2v) is 6.76. The van der Waals surface area contributed by atoms with Crippen LogP contribution in [0.1, 0.15) is 16.7 Å². The number of nitrogens with two attached hydrogens (primary N) is 2. The Morgan fingerprint density at radius 1 is 1.32 bits per heavy atom. The Kier molecular flexibility index (Phi) is 6.00. The lowest BCUT2D eigenvalue weighted by molar-refractivity contribution is -0.114. The first-order chi connectivity index (χ1) is 13.4. The molecule has 2 aliphatic rings. The van der Waals surface area contributed by atoms with Gasteiger partial charge < -0.3 is 27.4 Å². The summed E-state index contributed by atoms with van der Waals surface area (Å²) in [4.78, 5) is 15.7. The fourth-order valence-corrected chi connectivity index (χ4v) is 3.10. The normalized spacial score (nSPS) is 18.7. The van der Waals surface area contributed by atoms with Gasteiger partial charge in [0.2, 0.25) is 5.91 Å². The Bertz CT molecular complexity index is 883. The summed E-state index contributed by atoms with van der Waals surface area (Å²) in [6, 6.07) is 6.20. The van der Waals surface area contributed by atoms with Gasteiger partial charge in [0.1, 0.15) is 6.17 Å². The van der Waals surface area contributed by atoms with Crippen molar-refractivity contribution < 1.29 is 4.79 Å². The maximum absolute atomic E-state index is 11.3. The molecule has 2 heterocycles. The van der Waals surface area contributed by atoms with Crippen LogP contribution < -0.4 is 32.7 Å². The predicted octanol–water partition coefficient (Wildman–Crippen LogP) is -0.0762. The number of dihydropyridines is 1. The zero-order valence-corrected chi connectivity index (χ0v) is 16.2. The summed E-state index contributed by atoms with van der Waals surface area (Å²) in [6.07, 6.45) is 5.29. The molecule has 1 atom stereocenters. The Morgan fingerprint density at radius 3 is 2.93 bits per heavy atom. The number of aryl methyl sites for hydroxylation is 1. The number of hydrogen-bond acceptors (Lipinski definition) is 7. The van der Waals surface area contributed by atoms with Crippen LogP contribution >= 0.6 is 0 Å². The third-order valence-electron chi connectivity index (χ3n) is 4.75. The zero-order chi connectivity index (χ0) is 20.1. The number of nitrogens with one attached hydrogen (secondary N) is 4. The minimum absolute atomic E-state index is 0.215. The molecule has 1 aromatic carbocycles. The molecule has 1 unspecified atom stereocenters. The number of guanidine groups is 1. The fourth-order valence-electron chi connectivity index (χ4n) is 3.10. The van der Waals surface area contributed by atoms with Crippen molar-refractivity contribution in [1.82, 2.24) is 21.3 Å². The van der Waals surface area contributed by atoms with E-state index in [2.05, 4.69) is 52.2 Å². The van der Waals surface area contributed by atoms with Crippen LogP contribution in [0.15, 0.2) is 52.8 Å². The Labute approximate surface area is 164 Å². The minimum Gasteiger partial charge on any atom is -0.371 e. The molecule has 0 aromatic heterocycles. The molecule has 8 N–H and O–H groups in total. The van der Waals surface area contributed by atoms with Crippen LogP contribution in [0, 0.1) is 13.8 Å². The molecule has 0 spiro atoms. The monoisotopic (exact) mass is 381 g/mol. The Balaban J connectivity index is 1.57. The van der Waals surface area contributed by atoms with E-state index in [9.17, 15) is 4.79 Å². The molecular weight excluding hydrogens is 354 g/mol. The molecule has 28 heavy (non-hydrogen) atoms. The van der Waals surface area contributed by atoms with Crippen molar-refractivity contribution in [2.45, 2.75) is 20.0 Å². The quantitative estimate of drug-likeness (QED) is 0.367. The first-order valence-electron chi connectivity index (χ1n) is 9.25. The number of nitrogens with zero attached hydrogens (tertiary/aromatic N) is 1. The lowest BCUT2D eigenvalue weighted by Crippen LogP contribution is -2.42. The number of benzene rings is 1. The van der Waals surface area contributed by atoms with Crippen LogP contribution in [-0.4, -0.2) is 37.7 Å². The second kappa shape index (κ2) is 8.62. The Hall–Kier alpha value is -3.26. The van der Waals surface area contributed by atoms with E-state index in [1.54, 1.807) is 12.2 Å². The molecule has 2 aliphatic heterocycles. The molecule has 8 nitrogen and oxygen atoms in total. The second-order valence-electron chi connectivity index (χ2n) is 6.76. The van der Waals surface area contributed by atoms with E-state index in [0.717, 1.165) is 17.1 Å². The summed E-state index contributed by atoms with van der Waals surface area (Å²) in [6.45, 7) is 6.07. The highest BCUT2D eigenvalue weighted by atomic mass is 16.1. The molecule has 148 valence electrons. The van der Waals surface area contributed by atoms with Gasteiger partial charge in [-0.2, -0.15) is 0 Å². The van der Waals surface area contributed by atoms with E-state index in [-0.39, 0.29) is 6.17 Å². The van der Waals surface area contributed by atoms with E-state index in [4.69, 9.17) is 11.5 Å². The lowest BCUT2D eigenvalue weighted by Gasteiger charge is -2.23. The highest BCUT2D eigenvalue weighted by Crippen LogP contribution is 2.21. The highest BCUT2D eigenvalue weighted by Gasteiger charge is 2.16. The molecule has 0 bridgehead atoms. The van der Waals surface area contributed by atoms with Gasteiger partial charge in [0.15, 0.2) is 5.96 Å². The van der Waals surface area contributed by atoms with Crippen LogP contribution in [0.5, 0.6) is 0 Å². The van der Waals surface area contributed by atoms with Crippen LogP contribution in [0.4, 0.5) is 0 Å². The molecule has 1 amide bonds. The first-order valence-corrected chi connectivity index (χ1v) is 9.25. The number of primary amides is 1. The maximum atomic E-state index is 11.3. The smallest absolute Gasteiger partial charge is 0.248 e. The van der Waals surface area contributed by atoms with E-state index >= 15 is 0 Å². The summed E-state index contributed by atoms with van der Waals surface area (Å²) in [7, 11) is 0. The van der Waals surface area contributed by atoms with Crippen molar-refractivity contribution >= 4 is 17.6 Å². The van der Waals surface area contributed by atoms with Crippen LogP contribution in [-0.2, 0) is 4.79 Å². The van der Waals surface area contributed by atoms with Crippen molar-refractivity contribution in [3.8, 4) is 0 Å². The van der Waals surface area contributed by atoms with E-state index in [1.807, 2.05) is 12.1 Å². The molecule has 0 fully saturated rings. The van der Waals surface area contributed by atoms with E-state index < -0.39 is 5.91 Å². The fraction of sp³-hybridized carbons (Fsp3) is 0.300.